The molecule has 112 valence electrons. The van der Waals surface area contributed by atoms with E-state index in [1.807, 2.05) is 5.38 Å². The molecular formula is C14H22N2O3S. The number of nitro groups is 1. The Kier molecular flexibility index (Phi) is 5.12. The van der Waals surface area contributed by atoms with Crippen LogP contribution in [0.2, 0.25) is 0 Å². The smallest absolute Gasteiger partial charge is 0.324 e. The van der Waals surface area contributed by atoms with Crippen molar-refractivity contribution >= 4 is 16.3 Å². The van der Waals surface area contributed by atoms with Crippen molar-refractivity contribution in [3.63, 3.8) is 0 Å². The zero-order valence-electron chi connectivity index (χ0n) is 12.1. The third-order valence-electron chi connectivity index (χ3n) is 4.20. The van der Waals surface area contributed by atoms with Crippen molar-refractivity contribution in [3.8, 4) is 0 Å². The highest BCUT2D eigenvalue weighted by molar-refractivity contribution is 7.13. The minimum absolute atomic E-state index is 0.0105. The summed E-state index contributed by atoms with van der Waals surface area (Å²) in [7, 11) is 0. The molecule has 1 unspecified atom stereocenters. The van der Waals surface area contributed by atoms with Gasteiger partial charge in [-0.25, -0.2) is 0 Å². The molecule has 0 amide bonds. The van der Waals surface area contributed by atoms with E-state index in [4.69, 9.17) is 4.74 Å². The van der Waals surface area contributed by atoms with Gasteiger partial charge in [-0.1, -0.05) is 25.2 Å². The second-order valence-corrected chi connectivity index (χ2v) is 6.25. The van der Waals surface area contributed by atoms with Gasteiger partial charge in [0.25, 0.3) is 0 Å². The fourth-order valence-corrected chi connectivity index (χ4v) is 3.49. The number of thiophene rings is 1. The first-order valence-electron chi connectivity index (χ1n) is 7.17. The molecule has 2 rings (SSSR count). The highest BCUT2D eigenvalue weighted by atomic mass is 32.1. The van der Waals surface area contributed by atoms with Gasteiger partial charge in [0, 0.05) is 30.6 Å². The lowest BCUT2D eigenvalue weighted by atomic mass is 9.86. The van der Waals surface area contributed by atoms with Crippen LogP contribution in [0.5, 0.6) is 0 Å². The van der Waals surface area contributed by atoms with Crippen molar-refractivity contribution < 1.29 is 9.66 Å². The molecule has 6 heteroatoms. The zero-order valence-corrected chi connectivity index (χ0v) is 12.9. The molecule has 1 aromatic heterocycles. The molecule has 1 N–H and O–H groups in total. The molecule has 0 aliphatic carbocycles. The van der Waals surface area contributed by atoms with Crippen LogP contribution in [-0.2, 0) is 11.3 Å². The first-order chi connectivity index (χ1) is 9.58. The van der Waals surface area contributed by atoms with Gasteiger partial charge in [0.2, 0.25) is 0 Å². The first-order valence-corrected chi connectivity index (χ1v) is 8.05. The minimum atomic E-state index is -0.332. The summed E-state index contributed by atoms with van der Waals surface area (Å²) in [5.74, 6) is 0. The SMILES string of the molecule is CCC1(CC)CC(NCc2csc([N+](=O)[O-])c2)CCO1. The summed E-state index contributed by atoms with van der Waals surface area (Å²) in [6.07, 6.45) is 4.09. The molecule has 1 atom stereocenters. The lowest BCUT2D eigenvalue weighted by Gasteiger charge is -2.40. The van der Waals surface area contributed by atoms with Crippen LogP contribution in [0.3, 0.4) is 0 Å². The molecule has 1 aliphatic rings. The second-order valence-electron chi connectivity index (χ2n) is 5.36. The fourth-order valence-electron chi connectivity index (χ4n) is 2.76. The van der Waals surface area contributed by atoms with Crippen molar-refractivity contribution in [1.82, 2.24) is 5.32 Å². The van der Waals surface area contributed by atoms with Crippen LogP contribution in [0, 0.1) is 10.1 Å². The molecule has 0 bridgehead atoms. The lowest BCUT2D eigenvalue weighted by molar-refractivity contribution is -0.380. The van der Waals surface area contributed by atoms with E-state index in [-0.39, 0.29) is 15.5 Å². The quantitative estimate of drug-likeness (QED) is 0.645. The van der Waals surface area contributed by atoms with Crippen molar-refractivity contribution in [2.24, 2.45) is 0 Å². The van der Waals surface area contributed by atoms with Crippen LogP contribution in [-0.4, -0.2) is 23.2 Å². The van der Waals surface area contributed by atoms with Crippen LogP contribution in [0.25, 0.3) is 0 Å². The zero-order chi connectivity index (χ0) is 14.6. The Morgan fingerprint density at radius 3 is 2.90 bits per heavy atom. The summed E-state index contributed by atoms with van der Waals surface area (Å²) >= 11 is 1.19. The monoisotopic (exact) mass is 298 g/mol. The Morgan fingerprint density at radius 2 is 2.30 bits per heavy atom. The summed E-state index contributed by atoms with van der Waals surface area (Å²) in [5.41, 5.74) is 1.00. The molecule has 1 aromatic rings. The van der Waals surface area contributed by atoms with Gasteiger partial charge in [0.1, 0.15) is 0 Å². The molecule has 1 aliphatic heterocycles. The summed E-state index contributed by atoms with van der Waals surface area (Å²) in [4.78, 5) is 10.3. The van der Waals surface area contributed by atoms with E-state index in [0.29, 0.717) is 12.6 Å². The molecule has 0 radical (unpaired) electrons. The van der Waals surface area contributed by atoms with Gasteiger partial charge >= 0.3 is 5.00 Å². The van der Waals surface area contributed by atoms with E-state index >= 15 is 0 Å². The van der Waals surface area contributed by atoms with Crippen molar-refractivity contribution in [3.05, 3.63) is 27.1 Å². The van der Waals surface area contributed by atoms with E-state index < -0.39 is 0 Å². The Morgan fingerprint density at radius 1 is 1.55 bits per heavy atom. The number of hydrogen-bond acceptors (Lipinski definition) is 5. The molecule has 1 saturated heterocycles. The molecule has 5 nitrogen and oxygen atoms in total. The van der Waals surface area contributed by atoms with Crippen molar-refractivity contribution in [1.29, 1.82) is 0 Å². The van der Waals surface area contributed by atoms with Crippen LogP contribution in [0.4, 0.5) is 5.00 Å². The van der Waals surface area contributed by atoms with E-state index in [1.54, 1.807) is 6.07 Å². The molecule has 0 aromatic carbocycles. The molecule has 1 fully saturated rings. The number of hydrogen-bond donors (Lipinski definition) is 1. The predicted molar refractivity (Wildman–Crippen MR) is 80.1 cm³/mol. The average Bonchev–Trinajstić information content (AvgIpc) is 2.94. The van der Waals surface area contributed by atoms with Crippen LogP contribution >= 0.6 is 11.3 Å². The maximum Gasteiger partial charge on any atom is 0.324 e. The highest BCUT2D eigenvalue weighted by Gasteiger charge is 2.34. The Balaban J connectivity index is 1.88. The summed E-state index contributed by atoms with van der Waals surface area (Å²) in [6, 6.07) is 2.09. The number of rotatable bonds is 6. The summed E-state index contributed by atoms with van der Waals surface area (Å²) in [6.45, 7) is 5.84. The van der Waals surface area contributed by atoms with Gasteiger partial charge in [-0.3, -0.25) is 10.1 Å². The lowest BCUT2D eigenvalue weighted by Crippen LogP contribution is -2.46. The van der Waals surface area contributed by atoms with Gasteiger partial charge < -0.3 is 10.1 Å². The van der Waals surface area contributed by atoms with Gasteiger partial charge in [0.15, 0.2) is 0 Å². The molecule has 2 heterocycles. The standard InChI is InChI=1S/C14H22N2O3S/c1-3-14(4-2)8-12(5-6-19-14)15-9-11-7-13(16(17)18)20-10-11/h7,10,12,15H,3-6,8-9H2,1-2H3. The highest BCUT2D eigenvalue weighted by Crippen LogP contribution is 2.31. The third kappa shape index (κ3) is 3.56. The fraction of sp³-hybridized carbons (Fsp3) is 0.714. The average molecular weight is 298 g/mol. The van der Waals surface area contributed by atoms with E-state index in [9.17, 15) is 10.1 Å². The Hall–Kier alpha value is -0.980. The van der Waals surface area contributed by atoms with E-state index in [1.165, 1.54) is 11.3 Å². The summed E-state index contributed by atoms with van der Waals surface area (Å²) in [5, 5.41) is 16.3. The minimum Gasteiger partial charge on any atom is -0.375 e. The predicted octanol–water partition coefficient (Wildman–Crippen LogP) is 3.48. The Labute approximate surface area is 123 Å². The van der Waals surface area contributed by atoms with Gasteiger partial charge in [0.05, 0.1) is 10.5 Å². The molecular weight excluding hydrogens is 276 g/mol. The maximum absolute atomic E-state index is 10.7. The van der Waals surface area contributed by atoms with E-state index in [2.05, 4.69) is 19.2 Å². The normalized spacial score (nSPS) is 21.8. The van der Waals surface area contributed by atoms with Crippen LogP contribution in [0.15, 0.2) is 11.4 Å². The van der Waals surface area contributed by atoms with Gasteiger partial charge in [-0.2, -0.15) is 0 Å². The Bertz CT molecular complexity index is 457. The van der Waals surface area contributed by atoms with Crippen molar-refractivity contribution in [2.45, 2.75) is 57.7 Å². The number of nitrogens with one attached hydrogen (secondary N) is 1. The number of ether oxygens (including phenoxy) is 1. The third-order valence-corrected chi connectivity index (χ3v) is 5.13. The van der Waals surface area contributed by atoms with Gasteiger partial charge in [-0.15, -0.1) is 0 Å². The largest absolute Gasteiger partial charge is 0.375 e. The summed E-state index contributed by atoms with van der Waals surface area (Å²) < 4.78 is 5.95. The molecule has 20 heavy (non-hydrogen) atoms. The number of nitrogens with zero attached hydrogens (tertiary/aromatic N) is 1. The second kappa shape index (κ2) is 6.65. The van der Waals surface area contributed by atoms with Gasteiger partial charge in [-0.05, 0) is 31.2 Å². The van der Waals surface area contributed by atoms with Crippen LogP contribution < -0.4 is 5.32 Å². The topological polar surface area (TPSA) is 64.4 Å². The molecule has 0 spiro atoms. The first kappa shape index (κ1) is 15.4. The van der Waals surface area contributed by atoms with Crippen molar-refractivity contribution in [2.75, 3.05) is 6.61 Å². The maximum atomic E-state index is 10.7. The van der Waals surface area contributed by atoms with E-state index in [0.717, 1.165) is 37.9 Å². The van der Waals surface area contributed by atoms with Crippen LogP contribution in [0.1, 0.15) is 45.1 Å². The molecule has 0 saturated carbocycles.